The van der Waals surface area contributed by atoms with Gasteiger partial charge in [-0.15, -0.1) is 0 Å². The van der Waals surface area contributed by atoms with Gasteiger partial charge in [0, 0.05) is 36.5 Å². The molecule has 3 aromatic rings. The van der Waals surface area contributed by atoms with Crippen LogP contribution < -0.4 is 4.74 Å². The molecule has 0 radical (unpaired) electrons. The van der Waals surface area contributed by atoms with E-state index in [2.05, 4.69) is 0 Å². The minimum atomic E-state index is -4.79. The Hall–Kier alpha value is -3.36. The molecule has 0 atom stereocenters. The molecule has 0 bridgehead atoms. The summed E-state index contributed by atoms with van der Waals surface area (Å²) in [6.07, 6.45) is -4.97. The maximum Gasteiger partial charge on any atom is 0.417 e. The van der Waals surface area contributed by atoms with E-state index in [4.69, 9.17) is 21.4 Å². The average Bonchev–Trinajstić information content (AvgIpc) is 2.87. The summed E-state index contributed by atoms with van der Waals surface area (Å²) in [5.74, 6) is -7.17. The van der Waals surface area contributed by atoms with Gasteiger partial charge in [-0.1, -0.05) is 35.9 Å². The van der Waals surface area contributed by atoms with Crippen LogP contribution in [0.2, 0.25) is 5.02 Å². The molecular formula is C28H25ClF7NO5S. The fourth-order valence-corrected chi connectivity index (χ4v) is 5.48. The molecule has 0 aliphatic rings. The monoisotopic (exact) mass is 655 g/mol. The number of rotatable bonds is 13. The number of benzene rings is 3. The highest BCUT2D eigenvalue weighted by molar-refractivity contribution is 7.90. The van der Waals surface area contributed by atoms with Crippen LogP contribution in [0.4, 0.5) is 30.7 Å². The van der Waals surface area contributed by atoms with E-state index in [-0.39, 0.29) is 30.9 Å². The molecule has 0 amide bonds. The van der Waals surface area contributed by atoms with Gasteiger partial charge < -0.3 is 9.84 Å². The maximum atomic E-state index is 15.2. The predicted molar refractivity (Wildman–Crippen MR) is 143 cm³/mol. The highest BCUT2D eigenvalue weighted by atomic mass is 35.5. The number of hydrogen-bond donors (Lipinski definition) is 1. The third-order valence-electron chi connectivity index (χ3n) is 6.21. The third-order valence-corrected chi connectivity index (χ3v) is 7.82. The van der Waals surface area contributed by atoms with Gasteiger partial charge in [0.1, 0.15) is 17.4 Å². The Morgan fingerprint density at radius 2 is 1.67 bits per heavy atom. The van der Waals surface area contributed by atoms with E-state index < -0.39 is 85.7 Å². The summed E-state index contributed by atoms with van der Waals surface area (Å²) in [6.45, 7) is -1.89. The van der Waals surface area contributed by atoms with Crippen LogP contribution in [-0.2, 0) is 39.7 Å². The number of nitrogens with zero attached hydrogens (tertiary/aromatic N) is 1. The normalized spacial score (nSPS) is 12.5. The van der Waals surface area contributed by atoms with Gasteiger partial charge in [-0.25, -0.2) is 17.2 Å². The van der Waals surface area contributed by atoms with Crippen LogP contribution in [0.3, 0.4) is 0 Å². The number of carboxylic acid groups (broad SMARTS) is 1. The molecule has 0 aromatic heterocycles. The summed E-state index contributed by atoms with van der Waals surface area (Å²) >= 11 is 5.97. The molecule has 3 rings (SSSR count). The van der Waals surface area contributed by atoms with Gasteiger partial charge in [-0.3, -0.25) is 9.69 Å². The van der Waals surface area contributed by atoms with Crippen molar-refractivity contribution in [3.63, 3.8) is 0 Å². The zero-order valence-electron chi connectivity index (χ0n) is 22.4. The number of carboxylic acids is 1. The number of hydrogen-bond acceptors (Lipinski definition) is 5. The van der Waals surface area contributed by atoms with Crippen LogP contribution in [0.5, 0.6) is 5.75 Å². The number of aliphatic carboxylic acids is 1. The second-order valence-corrected chi connectivity index (χ2v) is 12.0. The fourth-order valence-electron chi connectivity index (χ4n) is 4.24. The number of alkyl halides is 5. The lowest BCUT2D eigenvalue weighted by Gasteiger charge is -2.28. The Kier molecular flexibility index (Phi) is 10.7. The van der Waals surface area contributed by atoms with Crippen molar-refractivity contribution in [1.29, 1.82) is 0 Å². The summed E-state index contributed by atoms with van der Waals surface area (Å²) < 4.78 is 128. The summed E-state index contributed by atoms with van der Waals surface area (Å²) in [6, 6.07) is 8.29. The maximum absolute atomic E-state index is 15.2. The summed E-state index contributed by atoms with van der Waals surface area (Å²) in [5.41, 5.74) is -2.32. The van der Waals surface area contributed by atoms with Crippen LogP contribution in [0.15, 0.2) is 59.5 Å². The topological polar surface area (TPSA) is 83.9 Å². The molecule has 1 N–H and O–H groups in total. The molecule has 0 heterocycles. The number of carbonyl (C=O) groups is 1. The molecular weight excluding hydrogens is 631 g/mol. The van der Waals surface area contributed by atoms with E-state index in [1.807, 2.05) is 0 Å². The summed E-state index contributed by atoms with van der Waals surface area (Å²) in [5, 5.41) is 8.33. The van der Waals surface area contributed by atoms with E-state index in [0.29, 0.717) is 0 Å². The molecule has 234 valence electrons. The van der Waals surface area contributed by atoms with E-state index in [1.54, 1.807) is 0 Å². The minimum Gasteiger partial charge on any atom is -0.493 e. The van der Waals surface area contributed by atoms with Crippen LogP contribution in [0, 0.1) is 11.6 Å². The SMILES string of the molecule is CS(=O)(=O)c1cc(OCCCN(Cc2cccc(C(F)(F)F)c2Cl)CC(F)(F)c2ccc(F)cc2)cc(F)c1CC(=O)O. The molecule has 0 aliphatic heterocycles. The second-order valence-electron chi connectivity index (χ2n) is 9.62. The Morgan fingerprint density at radius 3 is 2.26 bits per heavy atom. The van der Waals surface area contributed by atoms with Gasteiger partial charge in [0.2, 0.25) is 0 Å². The molecule has 6 nitrogen and oxygen atoms in total. The molecule has 0 spiro atoms. The summed E-state index contributed by atoms with van der Waals surface area (Å²) in [7, 11) is -4.06. The minimum absolute atomic E-state index is 0.0389. The zero-order valence-corrected chi connectivity index (χ0v) is 24.0. The van der Waals surface area contributed by atoms with Crippen LogP contribution in [0.1, 0.15) is 28.7 Å². The van der Waals surface area contributed by atoms with Gasteiger partial charge >= 0.3 is 12.1 Å². The Balaban J connectivity index is 1.82. The molecule has 0 unspecified atom stereocenters. The molecule has 0 saturated heterocycles. The van der Waals surface area contributed by atoms with Gasteiger partial charge in [-0.05, 0) is 36.2 Å². The zero-order chi connectivity index (χ0) is 32.2. The van der Waals surface area contributed by atoms with Gasteiger partial charge in [0.25, 0.3) is 5.92 Å². The van der Waals surface area contributed by atoms with E-state index in [1.165, 1.54) is 6.07 Å². The van der Waals surface area contributed by atoms with Crippen molar-refractivity contribution in [3.05, 3.63) is 93.5 Å². The molecule has 0 aliphatic carbocycles. The van der Waals surface area contributed by atoms with E-state index >= 15 is 8.78 Å². The van der Waals surface area contributed by atoms with E-state index in [0.717, 1.165) is 59.7 Å². The van der Waals surface area contributed by atoms with Gasteiger partial charge in [-0.2, -0.15) is 22.0 Å². The number of sulfone groups is 1. The molecule has 3 aromatic carbocycles. The van der Waals surface area contributed by atoms with Gasteiger partial charge in [0.05, 0.1) is 35.1 Å². The first kappa shape index (κ1) is 34.1. The van der Waals surface area contributed by atoms with Crippen molar-refractivity contribution in [2.45, 2.75) is 36.4 Å². The van der Waals surface area contributed by atoms with Crippen LogP contribution in [-0.4, -0.2) is 50.3 Å². The summed E-state index contributed by atoms with van der Waals surface area (Å²) in [4.78, 5) is 11.6. The Morgan fingerprint density at radius 1 is 1.02 bits per heavy atom. The highest BCUT2D eigenvalue weighted by Crippen LogP contribution is 2.37. The molecule has 43 heavy (non-hydrogen) atoms. The van der Waals surface area contributed by atoms with Crippen LogP contribution in [0.25, 0.3) is 0 Å². The first-order valence-electron chi connectivity index (χ1n) is 12.5. The lowest BCUT2D eigenvalue weighted by Crippen LogP contribution is -2.36. The lowest BCUT2D eigenvalue weighted by molar-refractivity contribution is -0.138. The van der Waals surface area contributed by atoms with E-state index in [9.17, 15) is 35.2 Å². The van der Waals surface area contributed by atoms with Crippen molar-refractivity contribution < 1.29 is 53.8 Å². The van der Waals surface area contributed by atoms with Crippen molar-refractivity contribution >= 4 is 27.4 Å². The Bertz CT molecular complexity index is 1560. The van der Waals surface area contributed by atoms with Crippen molar-refractivity contribution in [3.8, 4) is 5.75 Å². The first-order chi connectivity index (χ1) is 19.9. The smallest absolute Gasteiger partial charge is 0.417 e. The number of ether oxygens (including phenoxy) is 1. The predicted octanol–water partition coefficient (Wildman–Crippen LogP) is 6.73. The molecule has 0 fully saturated rings. The van der Waals surface area contributed by atoms with Crippen LogP contribution >= 0.6 is 11.6 Å². The van der Waals surface area contributed by atoms with Crippen molar-refractivity contribution in [1.82, 2.24) is 4.90 Å². The molecule has 0 saturated carbocycles. The third kappa shape index (κ3) is 9.31. The fraction of sp³-hybridized carbons (Fsp3) is 0.321. The Labute approximate surface area is 247 Å². The second kappa shape index (κ2) is 13.5. The van der Waals surface area contributed by atoms with Crippen molar-refractivity contribution in [2.75, 3.05) is 26.0 Å². The number of halogens is 8. The average molecular weight is 656 g/mol. The van der Waals surface area contributed by atoms with Gasteiger partial charge in [0.15, 0.2) is 9.84 Å². The standard InChI is InChI=1S/C28H25ClF7NO5S/c1-43(40,41)24-13-20(12-23(31)21(24)14-25(38)39)42-11-3-10-37(16-27(32,33)18-6-8-19(30)9-7-18)15-17-4-2-5-22(26(17)29)28(34,35)36/h2,4-9,12-13H,3,10-11,14-16H2,1H3,(H,38,39). The highest BCUT2D eigenvalue weighted by Gasteiger charge is 2.36. The molecule has 15 heteroatoms. The quantitative estimate of drug-likeness (QED) is 0.162. The largest absolute Gasteiger partial charge is 0.493 e. The van der Waals surface area contributed by atoms with Crippen molar-refractivity contribution in [2.24, 2.45) is 0 Å². The first-order valence-corrected chi connectivity index (χ1v) is 14.7. The lowest BCUT2D eigenvalue weighted by atomic mass is 10.1.